The standard InChI is InChI=1S/C7H12N4O4/c1-14-6(12)10-4-8-3-9-5-11-7(13)15-2/h4-5H2,1-2H3,(H,10,12)(H,11,13). The first-order valence-electron chi connectivity index (χ1n) is 3.92. The molecule has 0 saturated carbocycles. The molecule has 84 valence electrons. The van der Waals surface area contributed by atoms with Gasteiger partial charge in [-0.15, -0.1) is 0 Å². The van der Waals surface area contributed by atoms with E-state index in [-0.39, 0.29) is 13.3 Å². The number of nitrogens with zero attached hydrogens (tertiary/aromatic N) is 2. The highest BCUT2D eigenvalue weighted by atomic mass is 16.5. The number of amides is 2. The fraction of sp³-hybridized carbons (Fsp3) is 0.571. The van der Waals surface area contributed by atoms with Gasteiger partial charge >= 0.3 is 12.2 Å². The number of hydrogen-bond donors (Lipinski definition) is 2. The van der Waals surface area contributed by atoms with E-state index in [1.807, 2.05) is 0 Å². The second-order valence-corrected chi connectivity index (χ2v) is 2.07. The van der Waals surface area contributed by atoms with Crippen molar-refractivity contribution in [3.05, 3.63) is 0 Å². The summed E-state index contributed by atoms with van der Waals surface area (Å²) in [5, 5.41) is 4.56. The Morgan fingerprint density at radius 1 is 1.07 bits per heavy atom. The molecule has 0 heterocycles. The molecule has 0 saturated heterocycles. The Balaban J connectivity index is 3.55. The maximum atomic E-state index is 10.5. The molecule has 0 unspecified atom stereocenters. The van der Waals surface area contributed by atoms with E-state index in [1.54, 1.807) is 0 Å². The maximum Gasteiger partial charge on any atom is 0.408 e. The fourth-order valence-electron chi connectivity index (χ4n) is 0.473. The van der Waals surface area contributed by atoms with Crippen molar-refractivity contribution in [3.8, 4) is 0 Å². The molecule has 0 fully saturated rings. The molecule has 0 spiro atoms. The van der Waals surface area contributed by atoms with Crippen molar-refractivity contribution in [2.75, 3.05) is 27.6 Å². The summed E-state index contributed by atoms with van der Waals surface area (Å²) in [4.78, 5) is 28.1. The Kier molecular flexibility index (Phi) is 7.33. The molecule has 0 aliphatic rings. The summed E-state index contributed by atoms with van der Waals surface area (Å²) in [7, 11) is 2.49. The second-order valence-electron chi connectivity index (χ2n) is 2.07. The van der Waals surface area contributed by atoms with Crippen molar-refractivity contribution in [1.29, 1.82) is 0 Å². The normalized spacial score (nSPS) is 8.13. The molecule has 0 aromatic carbocycles. The molecule has 0 rings (SSSR count). The lowest BCUT2D eigenvalue weighted by Crippen LogP contribution is -2.23. The molecule has 0 aliphatic carbocycles. The van der Waals surface area contributed by atoms with Crippen LogP contribution in [0, 0.1) is 0 Å². The van der Waals surface area contributed by atoms with Crippen molar-refractivity contribution in [1.82, 2.24) is 10.6 Å². The van der Waals surface area contributed by atoms with E-state index in [1.165, 1.54) is 14.2 Å². The molecule has 0 aliphatic heterocycles. The Labute approximate surface area is 86.4 Å². The molecule has 0 aromatic heterocycles. The van der Waals surface area contributed by atoms with Crippen LogP contribution in [-0.2, 0) is 9.47 Å². The molecule has 8 nitrogen and oxygen atoms in total. The zero-order chi connectivity index (χ0) is 11.5. The summed E-state index contributed by atoms with van der Waals surface area (Å²) in [6.07, 6.45) is -1.18. The van der Waals surface area contributed by atoms with Crippen LogP contribution in [0.3, 0.4) is 0 Å². The quantitative estimate of drug-likeness (QED) is 0.634. The maximum absolute atomic E-state index is 10.5. The van der Waals surface area contributed by atoms with Gasteiger partial charge in [0.1, 0.15) is 13.3 Å². The van der Waals surface area contributed by atoms with E-state index in [0.717, 1.165) is 0 Å². The van der Waals surface area contributed by atoms with Crippen molar-refractivity contribution in [2.24, 2.45) is 9.98 Å². The lowest BCUT2D eigenvalue weighted by Gasteiger charge is -1.97. The van der Waals surface area contributed by atoms with Gasteiger partial charge in [-0.25, -0.2) is 19.6 Å². The van der Waals surface area contributed by atoms with E-state index in [4.69, 9.17) is 0 Å². The predicted molar refractivity (Wildman–Crippen MR) is 50.7 cm³/mol. The average Bonchev–Trinajstić information content (AvgIpc) is 2.26. The zero-order valence-corrected chi connectivity index (χ0v) is 8.44. The van der Waals surface area contributed by atoms with Gasteiger partial charge < -0.3 is 20.1 Å². The van der Waals surface area contributed by atoms with Crippen LogP contribution in [0.4, 0.5) is 9.59 Å². The van der Waals surface area contributed by atoms with Crippen LogP contribution in [0.15, 0.2) is 9.98 Å². The lowest BCUT2D eigenvalue weighted by molar-refractivity contribution is 0.170. The summed E-state index contributed by atoms with van der Waals surface area (Å²) in [5.74, 6) is 0. The van der Waals surface area contributed by atoms with E-state index in [0.29, 0.717) is 0 Å². The third kappa shape index (κ3) is 8.26. The van der Waals surface area contributed by atoms with Gasteiger partial charge in [0.2, 0.25) is 0 Å². The molecule has 2 N–H and O–H groups in total. The van der Waals surface area contributed by atoms with Gasteiger partial charge in [-0.3, -0.25) is 0 Å². The van der Waals surface area contributed by atoms with Gasteiger partial charge in [0.05, 0.1) is 20.2 Å². The van der Waals surface area contributed by atoms with Crippen LogP contribution >= 0.6 is 0 Å². The number of alkyl carbamates (subject to hydrolysis) is 2. The van der Waals surface area contributed by atoms with Gasteiger partial charge in [0.25, 0.3) is 0 Å². The summed E-state index contributed by atoms with van der Waals surface area (Å²) in [6.45, 7) is 0.0167. The molecule has 0 atom stereocenters. The Hall–Kier alpha value is -2.08. The lowest BCUT2D eigenvalue weighted by atomic mass is 10.9. The number of nitrogens with one attached hydrogen (secondary N) is 2. The highest BCUT2D eigenvalue weighted by molar-refractivity contribution is 5.67. The Morgan fingerprint density at radius 3 is 1.80 bits per heavy atom. The minimum Gasteiger partial charge on any atom is -0.453 e. The average molecular weight is 216 g/mol. The molecular formula is C7H12N4O4. The molecule has 0 aromatic rings. The number of methoxy groups -OCH3 is 2. The van der Waals surface area contributed by atoms with E-state index in [9.17, 15) is 9.59 Å². The number of hydrogen-bond acceptors (Lipinski definition) is 6. The second kappa shape index (κ2) is 8.52. The van der Waals surface area contributed by atoms with Crippen molar-refractivity contribution < 1.29 is 19.1 Å². The third-order valence-corrected chi connectivity index (χ3v) is 1.12. The smallest absolute Gasteiger partial charge is 0.408 e. The van der Waals surface area contributed by atoms with Gasteiger partial charge in [-0.05, 0) is 0 Å². The number of rotatable bonds is 4. The van der Waals surface area contributed by atoms with Crippen LogP contribution in [0.25, 0.3) is 0 Å². The highest BCUT2D eigenvalue weighted by Gasteiger charge is 1.93. The fourth-order valence-corrected chi connectivity index (χ4v) is 0.473. The summed E-state index contributed by atoms with van der Waals surface area (Å²) in [5.41, 5.74) is 0. The third-order valence-electron chi connectivity index (χ3n) is 1.12. The number of carbonyl (C=O) groups excluding carboxylic acids is 2. The van der Waals surface area contributed by atoms with Crippen molar-refractivity contribution >= 4 is 18.2 Å². The van der Waals surface area contributed by atoms with Crippen LogP contribution in [0.1, 0.15) is 0 Å². The molecule has 0 bridgehead atoms. The minimum absolute atomic E-state index is 0.00833. The number of carbonyl (C=O) groups is 2. The van der Waals surface area contributed by atoms with Crippen molar-refractivity contribution in [2.45, 2.75) is 0 Å². The molecule has 2 amide bonds. The van der Waals surface area contributed by atoms with E-state index in [2.05, 4.69) is 36.1 Å². The monoisotopic (exact) mass is 216 g/mol. The Bertz CT molecular complexity index is 248. The largest absolute Gasteiger partial charge is 0.453 e. The van der Waals surface area contributed by atoms with Gasteiger partial charge in [0, 0.05) is 0 Å². The highest BCUT2D eigenvalue weighted by Crippen LogP contribution is 1.71. The first-order chi connectivity index (χ1) is 7.20. The van der Waals surface area contributed by atoms with Crippen LogP contribution in [-0.4, -0.2) is 45.8 Å². The summed E-state index contributed by atoms with van der Waals surface area (Å²) in [6, 6.07) is 2.25. The molecular weight excluding hydrogens is 204 g/mol. The molecule has 0 radical (unpaired) electrons. The Morgan fingerprint density at radius 2 is 1.47 bits per heavy atom. The predicted octanol–water partition coefficient (Wildman–Crippen LogP) is -0.213. The van der Waals surface area contributed by atoms with Crippen LogP contribution in [0.5, 0.6) is 0 Å². The number of aliphatic imine (C=N–C) groups is 2. The van der Waals surface area contributed by atoms with Crippen molar-refractivity contribution in [3.63, 3.8) is 0 Å². The topological polar surface area (TPSA) is 101 Å². The molecule has 15 heavy (non-hydrogen) atoms. The minimum atomic E-state index is -0.590. The first-order valence-corrected chi connectivity index (χ1v) is 3.92. The molecule has 8 heteroatoms. The van der Waals surface area contributed by atoms with Gasteiger partial charge in [0.15, 0.2) is 0 Å². The SMILES string of the molecule is COC(=O)NCN=C=NCNC(=O)OC. The summed E-state index contributed by atoms with van der Waals surface area (Å²) < 4.78 is 8.56. The van der Waals surface area contributed by atoms with Gasteiger partial charge in [-0.2, -0.15) is 0 Å². The zero-order valence-electron chi connectivity index (χ0n) is 8.44. The summed E-state index contributed by atoms with van der Waals surface area (Å²) >= 11 is 0. The first kappa shape index (κ1) is 12.9. The van der Waals surface area contributed by atoms with E-state index < -0.39 is 12.2 Å². The van der Waals surface area contributed by atoms with Crippen LogP contribution < -0.4 is 10.6 Å². The van der Waals surface area contributed by atoms with E-state index >= 15 is 0 Å². The van der Waals surface area contributed by atoms with Crippen LogP contribution in [0.2, 0.25) is 0 Å². The number of ether oxygens (including phenoxy) is 2. The van der Waals surface area contributed by atoms with Gasteiger partial charge in [-0.1, -0.05) is 0 Å².